The van der Waals surface area contributed by atoms with Gasteiger partial charge in [-0.25, -0.2) is 0 Å². The molecule has 2 heteroatoms. The fraction of sp³-hybridized carbons (Fsp3) is 0.556. The van der Waals surface area contributed by atoms with Gasteiger partial charge in [0.2, 0.25) is 0 Å². The van der Waals surface area contributed by atoms with Gasteiger partial charge < -0.3 is 5.32 Å². The van der Waals surface area contributed by atoms with Crippen molar-refractivity contribution in [3.05, 3.63) is 34.7 Å². The first-order valence-electron chi connectivity index (χ1n) is 7.91. The fourth-order valence-corrected chi connectivity index (χ4v) is 4.79. The maximum Gasteiger partial charge on any atom is 0.0391 e. The lowest BCUT2D eigenvalue weighted by atomic mass is 9.85. The zero-order valence-corrected chi connectivity index (χ0v) is 13.6. The van der Waals surface area contributed by atoms with E-state index in [1.165, 1.54) is 46.2 Å². The monoisotopic (exact) mass is 287 g/mol. The van der Waals surface area contributed by atoms with Crippen molar-refractivity contribution in [3.63, 3.8) is 0 Å². The highest BCUT2D eigenvalue weighted by atomic mass is 32.1. The van der Waals surface area contributed by atoms with Crippen LogP contribution in [0.1, 0.15) is 56.0 Å². The lowest BCUT2D eigenvalue weighted by Gasteiger charge is -2.32. The van der Waals surface area contributed by atoms with E-state index < -0.39 is 0 Å². The molecule has 1 aromatic carbocycles. The predicted molar refractivity (Wildman–Crippen MR) is 89.5 cm³/mol. The number of nitrogens with one attached hydrogen (secondary N) is 1. The van der Waals surface area contributed by atoms with Crippen molar-refractivity contribution in [1.29, 1.82) is 0 Å². The molecule has 0 radical (unpaired) electrons. The Morgan fingerprint density at radius 3 is 2.70 bits per heavy atom. The van der Waals surface area contributed by atoms with E-state index in [1.54, 1.807) is 0 Å². The highest BCUT2D eigenvalue weighted by Crippen LogP contribution is 2.35. The molecule has 0 saturated heterocycles. The number of thiophene rings is 1. The fourth-order valence-electron chi connectivity index (χ4n) is 3.57. The molecule has 3 atom stereocenters. The minimum Gasteiger partial charge on any atom is -0.306 e. The van der Waals surface area contributed by atoms with Gasteiger partial charge in [0.15, 0.2) is 0 Å². The van der Waals surface area contributed by atoms with Gasteiger partial charge in [0.1, 0.15) is 0 Å². The molecule has 1 aliphatic carbocycles. The Kier molecular flexibility index (Phi) is 4.13. The molecule has 108 valence electrons. The van der Waals surface area contributed by atoms with Gasteiger partial charge in [-0.3, -0.25) is 0 Å². The summed E-state index contributed by atoms with van der Waals surface area (Å²) in [6.07, 6.45) is 5.53. The summed E-state index contributed by atoms with van der Waals surface area (Å²) >= 11 is 1.96. The van der Waals surface area contributed by atoms with Crippen LogP contribution >= 0.6 is 11.3 Å². The van der Waals surface area contributed by atoms with Gasteiger partial charge in [-0.1, -0.05) is 38.0 Å². The number of hydrogen-bond donors (Lipinski definition) is 1. The maximum absolute atomic E-state index is 3.90. The van der Waals surface area contributed by atoms with E-state index in [2.05, 4.69) is 50.4 Å². The van der Waals surface area contributed by atoms with E-state index >= 15 is 0 Å². The molecule has 1 fully saturated rings. The van der Waals surface area contributed by atoms with Crippen molar-refractivity contribution < 1.29 is 0 Å². The van der Waals surface area contributed by atoms with Gasteiger partial charge in [0, 0.05) is 21.7 Å². The summed E-state index contributed by atoms with van der Waals surface area (Å²) in [5.74, 6) is 0.820. The summed E-state index contributed by atoms with van der Waals surface area (Å²) in [6, 6.07) is 9.95. The molecule has 0 aliphatic heterocycles. The van der Waals surface area contributed by atoms with Crippen LogP contribution in [0.25, 0.3) is 10.1 Å². The van der Waals surface area contributed by atoms with Crippen molar-refractivity contribution in [2.45, 2.75) is 58.5 Å². The van der Waals surface area contributed by atoms with E-state index in [-0.39, 0.29) is 0 Å². The molecule has 1 aromatic heterocycles. The molecule has 1 N–H and O–H groups in total. The van der Waals surface area contributed by atoms with Gasteiger partial charge in [-0.15, -0.1) is 11.3 Å². The third-order valence-corrected chi connectivity index (χ3v) is 6.30. The number of fused-ring (bicyclic) bond motifs is 1. The van der Waals surface area contributed by atoms with Crippen LogP contribution in [0.3, 0.4) is 0 Å². The Hall–Kier alpha value is -0.860. The molecule has 0 bridgehead atoms. The van der Waals surface area contributed by atoms with Crippen molar-refractivity contribution >= 4 is 21.4 Å². The quantitative estimate of drug-likeness (QED) is 0.792. The second-order valence-corrected chi connectivity index (χ2v) is 7.43. The van der Waals surface area contributed by atoms with Crippen molar-refractivity contribution in [3.8, 4) is 0 Å². The molecule has 3 unspecified atom stereocenters. The standard InChI is InChI=1S/C18H25NS/c1-12-8-4-6-10-16(12)19-14(3)18-13(2)15-9-5-7-11-17(15)20-18/h5,7,9,11-12,14,16,19H,4,6,8,10H2,1-3H3. The molecular formula is C18H25NS. The normalized spacial score (nSPS) is 24.9. The Labute approximate surface area is 126 Å². The highest BCUT2D eigenvalue weighted by Gasteiger charge is 2.24. The van der Waals surface area contributed by atoms with E-state index in [1.807, 2.05) is 11.3 Å². The molecule has 2 aromatic rings. The molecule has 1 saturated carbocycles. The molecule has 0 amide bonds. The summed E-state index contributed by atoms with van der Waals surface area (Å²) in [4.78, 5) is 1.52. The van der Waals surface area contributed by atoms with Gasteiger partial charge in [-0.05, 0) is 49.6 Å². The minimum atomic E-state index is 0.470. The summed E-state index contributed by atoms with van der Waals surface area (Å²) in [6.45, 7) is 7.01. The average molecular weight is 287 g/mol. The lowest BCUT2D eigenvalue weighted by molar-refractivity contribution is 0.264. The number of hydrogen-bond acceptors (Lipinski definition) is 2. The Bertz CT molecular complexity index is 586. The van der Waals surface area contributed by atoms with Crippen LogP contribution < -0.4 is 5.32 Å². The van der Waals surface area contributed by atoms with Crippen LogP contribution in [-0.2, 0) is 0 Å². The molecule has 1 nitrogen and oxygen atoms in total. The van der Waals surface area contributed by atoms with Crippen LogP contribution in [0.2, 0.25) is 0 Å². The average Bonchev–Trinajstić information content (AvgIpc) is 2.79. The number of aryl methyl sites for hydroxylation is 1. The van der Waals surface area contributed by atoms with Gasteiger partial charge in [-0.2, -0.15) is 0 Å². The van der Waals surface area contributed by atoms with E-state index in [0.717, 1.165) is 5.92 Å². The summed E-state index contributed by atoms with van der Waals surface area (Å²) < 4.78 is 1.42. The van der Waals surface area contributed by atoms with E-state index in [9.17, 15) is 0 Å². The van der Waals surface area contributed by atoms with Crippen molar-refractivity contribution in [2.75, 3.05) is 0 Å². The second kappa shape index (κ2) is 5.87. The van der Waals surface area contributed by atoms with E-state index in [0.29, 0.717) is 12.1 Å². The molecule has 20 heavy (non-hydrogen) atoms. The Morgan fingerprint density at radius 1 is 1.20 bits per heavy atom. The number of benzene rings is 1. The third kappa shape index (κ3) is 2.64. The number of rotatable bonds is 3. The minimum absolute atomic E-state index is 0.470. The molecule has 1 heterocycles. The van der Waals surface area contributed by atoms with Gasteiger partial charge >= 0.3 is 0 Å². The molecule has 3 rings (SSSR count). The first kappa shape index (κ1) is 14.1. The van der Waals surface area contributed by atoms with Gasteiger partial charge in [0.25, 0.3) is 0 Å². The molecule has 1 aliphatic rings. The molecular weight excluding hydrogens is 262 g/mol. The van der Waals surface area contributed by atoms with Crippen molar-refractivity contribution in [2.24, 2.45) is 5.92 Å². The zero-order chi connectivity index (χ0) is 14.1. The summed E-state index contributed by atoms with van der Waals surface area (Å²) in [5, 5.41) is 5.33. The second-order valence-electron chi connectivity index (χ2n) is 6.34. The SMILES string of the molecule is Cc1c(C(C)NC2CCCCC2C)sc2ccccc12. The maximum atomic E-state index is 3.90. The first-order chi connectivity index (χ1) is 9.66. The predicted octanol–water partition coefficient (Wildman–Crippen LogP) is 5.44. The largest absolute Gasteiger partial charge is 0.306 e. The van der Waals surface area contributed by atoms with E-state index in [4.69, 9.17) is 0 Å². The van der Waals surface area contributed by atoms with Crippen molar-refractivity contribution in [1.82, 2.24) is 5.32 Å². The Morgan fingerprint density at radius 2 is 1.95 bits per heavy atom. The zero-order valence-electron chi connectivity index (χ0n) is 12.8. The lowest BCUT2D eigenvalue weighted by Crippen LogP contribution is -2.38. The summed E-state index contributed by atoms with van der Waals surface area (Å²) in [7, 11) is 0. The van der Waals surface area contributed by atoms with Gasteiger partial charge in [0.05, 0.1) is 0 Å². The summed E-state index contributed by atoms with van der Waals surface area (Å²) in [5.41, 5.74) is 1.47. The van der Waals surface area contributed by atoms with Crippen LogP contribution in [0.4, 0.5) is 0 Å². The topological polar surface area (TPSA) is 12.0 Å². The highest BCUT2D eigenvalue weighted by molar-refractivity contribution is 7.19. The van der Waals surface area contributed by atoms with Crippen LogP contribution in [-0.4, -0.2) is 6.04 Å². The third-order valence-electron chi connectivity index (χ3n) is 4.85. The smallest absolute Gasteiger partial charge is 0.0391 e. The molecule has 0 spiro atoms. The Balaban J connectivity index is 1.81. The van der Waals surface area contributed by atoms with Crippen LogP contribution in [0.15, 0.2) is 24.3 Å². The van der Waals surface area contributed by atoms with Crippen LogP contribution in [0, 0.1) is 12.8 Å². The van der Waals surface area contributed by atoms with Crippen LogP contribution in [0.5, 0.6) is 0 Å². The first-order valence-corrected chi connectivity index (χ1v) is 8.72.